The molecule has 1 aliphatic rings. The van der Waals surface area contributed by atoms with Crippen molar-refractivity contribution in [3.8, 4) is 5.75 Å². The first-order chi connectivity index (χ1) is 15.8. The van der Waals surface area contributed by atoms with Gasteiger partial charge in [-0.2, -0.15) is 0 Å². The van der Waals surface area contributed by atoms with Crippen LogP contribution in [0.15, 0.2) is 88.2 Å². The number of anilines is 2. The Morgan fingerprint density at radius 3 is 2.30 bits per heavy atom. The number of ketones is 2. The Morgan fingerprint density at radius 1 is 0.909 bits per heavy atom. The fourth-order valence-corrected chi connectivity index (χ4v) is 4.22. The quantitative estimate of drug-likeness (QED) is 0.133. The van der Waals surface area contributed by atoms with Gasteiger partial charge in [-0.05, 0) is 31.2 Å². The van der Waals surface area contributed by atoms with Crippen LogP contribution in [0.1, 0.15) is 15.9 Å². The maximum absolute atomic E-state index is 13.4. The second-order valence-corrected chi connectivity index (χ2v) is 8.30. The molecular weight excluding hydrogens is 440 g/mol. The van der Waals surface area contributed by atoms with E-state index in [1.807, 2.05) is 6.92 Å². The number of amides is 2. The molecule has 0 unspecified atom stereocenters. The lowest BCUT2D eigenvalue weighted by Crippen LogP contribution is -2.31. The van der Waals surface area contributed by atoms with Crippen LogP contribution in [0.25, 0.3) is 0 Å². The fourth-order valence-electron chi connectivity index (χ4n) is 3.19. The number of hydrogen-bond donors (Lipinski definition) is 3. The average Bonchev–Trinajstić information content (AvgIpc) is 2.81. The zero-order valence-electron chi connectivity index (χ0n) is 17.4. The molecule has 8 heteroatoms. The minimum atomic E-state index is -1.18. The van der Waals surface area contributed by atoms with Crippen molar-refractivity contribution in [1.82, 2.24) is 0 Å². The highest BCUT2D eigenvalue weighted by Crippen LogP contribution is 2.40. The van der Waals surface area contributed by atoms with Gasteiger partial charge in [0.1, 0.15) is 5.75 Å². The molecule has 0 radical (unpaired) electrons. The molecule has 0 bridgehead atoms. The number of rotatable bonds is 5. The Bertz CT molecular complexity index is 1330. The Morgan fingerprint density at radius 2 is 1.58 bits per heavy atom. The standard InChI is InChI=1S/C25H18N2O5S/c1-14-10-12-15(13-11-14)21(29)20(22(30)24(31)26-16-6-2-4-8-18(16)28)23-25(32)27-17-7-3-5-9-19(17)33-23/h2-13,28H,1H3,(H,26,31)(H,27,32)/b23-20-. The van der Waals surface area contributed by atoms with Crippen molar-refractivity contribution in [2.24, 2.45) is 0 Å². The molecule has 1 heterocycles. The van der Waals surface area contributed by atoms with Crippen molar-refractivity contribution in [3.05, 3.63) is 94.4 Å². The number of carbonyl (C=O) groups is 4. The van der Waals surface area contributed by atoms with Gasteiger partial charge >= 0.3 is 0 Å². The van der Waals surface area contributed by atoms with E-state index in [1.165, 1.54) is 24.3 Å². The van der Waals surface area contributed by atoms with Gasteiger partial charge in [0.15, 0.2) is 5.78 Å². The van der Waals surface area contributed by atoms with Crippen LogP contribution in [0, 0.1) is 6.92 Å². The molecule has 0 aliphatic carbocycles. The van der Waals surface area contributed by atoms with Crippen molar-refractivity contribution in [1.29, 1.82) is 0 Å². The van der Waals surface area contributed by atoms with Crippen LogP contribution < -0.4 is 10.6 Å². The predicted molar refractivity (Wildman–Crippen MR) is 125 cm³/mol. The lowest BCUT2D eigenvalue weighted by molar-refractivity contribution is -0.132. The van der Waals surface area contributed by atoms with E-state index in [1.54, 1.807) is 48.5 Å². The van der Waals surface area contributed by atoms with Crippen LogP contribution in [0.2, 0.25) is 0 Å². The summed E-state index contributed by atoms with van der Waals surface area (Å²) in [7, 11) is 0. The van der Waals surface area contributed by atoms with Gasteiger partial charge in [-0.3, -0.25) is 19.2 Å². The minimum absolute atomic E-state index is 0.00841. The molecule has 3 aromatic carbocycles. The van der Waals surface area contributed by atoms with E-state index >= 15 is 0 Å². The molecule has 0 saturated carbocycles. The number of phenols is 1. The molecule has 0 saturated heterocycles. The SMILES string of the molecule is Cc1ccc(C(=O)/C(C(=O)C(=O)Nc2ccccc2O)=C2/Sc3ccccc3NC2=O)cc1. The van der Waals surface area contributed by atoms with E-state index in [4.69, 9.17) is 0 Å². The molecule has 3 N–H and O–H groups in total. The third-order valence-electron chi connectivity index (χ3n) is 4.91. The summed E-state index contributed by atoms with van der Waals surface area (Å²) in [5.74, 6) is -3.97. The molecule has 0 atom stereocenters. The molecule has 164 valence electrons. The van der Waals surface area contributed by atoms with Gasteiger partial charge in [-0.15, -0.1) is 0 Å². The minimum Gasteiger partial charge on any atom is -0.506 e. The number of para-hydroxylation sites is 3. The average molecular weight is 458 g/mol. The first-order valence-electron chi connectivity index (χ1n) is 9.92. The molecule has 0 fully saturated rings. The number of phenolic OH excluding ortho intramolecular Hbond substituents is 1. The molecule has 0 spiro atoms. The van der Waals surface area contributed by atoms with Crippen LogP contribution in [0.5, 0.6) is 5.75 Å². The number of nitrogens with one attached hydrogen (secondary N) is 2. The van der Waals surface area contributed by atoms with Crippen LogP contribution in [-0.2, 0) is 14.4 Å². The second-order valence-electron chi connectivity index (χ2n) is 7.25. The smallest absolute Gasteiger partial charge is 0.297 e. The van der Waals surface area contributed by atoms with Crippen LogP contribution >= 0.6 is 11.8 Å². The zero-order chi connectivity index (χ0) is 23.5. The van der Waals surface area contributed by atoms with E-state index in [0.717, 1.165) is 17.3 Å². The fraction of sp³-hybridized carbons (Fsp3) is 0.0400. The number of aryl methyl sites for hydroxylation is 1. The summed E-state index contributed by atoms with van der Waals surface area (Å²) >= 11 is 0.951. The molecule has 1 aliphatic heterocycles. The normalized spacial score (nSPS) is 14.0. The zero-order valence-corrected chi connectivity index (χ0v) is 18.2. The highest BCUT2D eigenvalue weighted by Gasteiger charge is 2.35. The van der Waals surface area contributed by atoms with E-state index in [2.05, 4.69) is 10.6 Å². The topological polar surface area (TPSA) is 113 Å². The maximum Gasteiger partial charge on any atom is 0.297 e. The predicted octanol–water partition coefficient (Wildman–Crippen LogP) is 4.09. The number of thioether (sulfide) groups is 1. The molecule has 3 aromatic rings. The summed E-state index contributed by atoms with van der Waals surface area (Å²) in [6, 6.07) is 19.3. The first kappa shape index (κ1) is 22.0. The number of aromatic hydroxyl groups is 1. The Labute approximate surface area is 193 Å². The van der Waals surface area contributed by atoms with E-state index in [9.17, 15) is 24.3 Å². The highest BCUT2D eigenvalue weighted by atomic mass is 32.2. The largest absolute Gasteiger partial charge is 0.506 e. The van der Waals surface area contributed by atoms with Crippen molar-refractivity contribution >= 4 is 46.5 Å². The van der Waals surface area contributed by atoms with Gasteiger partial charge in [0, 0.05) is 10.5 Å². The number of fused-ring (bicyclic) bond motifs is 1. The molecule has 4 rings (SSSR count). The summed E-state index contributed by atoms with van der Waals surface area (Å²) < 4.78 is 0. The van der Waals surface area contributed by atoms with Gasteiger partial charge < -0.3 is 15.7 Å². The van der Waals surface area contributed by atoms with Crippen molar-refractivity contribution < 1.29 is 24.3 Å². The third kappa shape index (κ3) is 4.56. The third-order valence-corrected chi connectivity index (χ3v) is 6.08. The lowest BCUT2D eigenvalue weighted by Gasteiger charge is -2.20. The molecule has 0 aromatic heterocycles. The van der Waals surface area contributed by atoms with Crippen molar-refractivity contribution in [2.45, 2.75) is 11.8 Å². The summed E-state index contributed by atoms with van der Waals surface area (Å²) in [5.41, 5.74) is 1.09. The highest BCUT2D eigenvalue weighted by molar-refractivity contribution is 8.04. The van der Waals surface area contributed by atoms with Gasteiger partial charge in [0.25, 0.3) is 17.6 Å². The van der Waals surface area contributed by atoms with Crippen LogP contribution in [0.3, 0.4) is 0 Å². The number of benzene rings is 3. The van der Waals surface area contributed by atoms with E-state index < -0.39 is 29.0 Å². The van der Waals surface area contributed by atoms with E-state index in [0.29, 0.717) is 10.6 Å². The van der Waals surface area contributed by atoms with Crippen molar-refractivity contribution in [2.75, 3.05) is 10.6 Å². The Balaban J connectivity index is 1.78. The van der Waals surface area contributed by atoms with Gasteiger partial charge in [-0.1, -0.05) is 65.9 Å². The summed E-state index contributed by atoms with van der Waals surface area (Å²) in [4.78, 5) is 52.7. The summed E-state index contributed by atoms with van der Waals surface area (Å²) in [6.07, 6.45) is 0. The first-order valence-corrected chi connectivity index (χ1v) is 10.7. The van der Waals surface area contributed by atoms with Gasteiger partial charge in [0.05, 0.1) is 21.9 Å². The second kappa shape index (κ2) is 9.13. The van der Waals surface area contributed by atoms with Gasteiger partial charge in [-0.25, -0.2) is 0 Å². The molecule has 2 amide bonds. The lowest BCUT2D eigenvalue weighted by atomic mass is 9.97. The van der Waals surface area contributed by atoms with Gasteiger partial charge in [0.2, 0.25) is 0 Å². The van der Waals surface area contributed by atoms with Crippen LogP contribution in [-0.4, -0.2) is 28.5 Å². The Kier molecular flexibility index (Phi) is 6.10. The van der Waals surface area contributed by atoms with Crippen LogP contribution in [0.4, 0.5) is 11.4 Å². The summed E-state index contributed by atoms with van der Waals surface area (Å²) in [5, 5.41) is 14.9. The number of hydrogen-bond acceptors (Lipinski definition) is 6. The molecular formula is C25H18N2O5S. The maximum atomic E-state index is 13.4. The summed E-state index contributed by atoms with van der Waals surface area (Å²) in [6.45, 7) is 1.85. The monoisotopic (exact) mass is 458 g/mol. The van der Waals surface area contributed by atoms with Crippen molar-refractivity contribution in [3.63, 3.8) is 0 Å². The Hall–Kier alpha value is -4.17. The number of Topliss-reactive ketones (excluding diaryl/α,β-unsaturated/α-hetero) is 2. The number of carbonyl (C=O) groups excluding carboxylic acids is 4. The molecule has 33 heavy (non-hydrogen) atoms. The van der Waals surface area contributed by atoms with E-state index in [-0.39, 0.29) is 21.9 Å². The molecule has 7 nitrogen and oxygen atoms in total.